The average molecular weight is 507 g/mol. The number of ether oxygens (including phenoxy) is 1. The minimum atomic E-state index is -1.50. The topological polar surface area (TPSA) is 138 Å². The molecular weight excluding hydrogens is 486 g/mol. The summed E-state index contributed by atoms with van der Waals surface area (Å²) in [5, 5.41) is 9.00. The summed E-state index contributed by atoms with van der Waals surface area (Å²) in [4.78, 5) is 36.2. The van der Waals surface area contributed by atoms with Gasteiger partial charge in [0.05, 0.1) is 17.7 Å². The molecule has 0 aliphatic carbocycles. The Labute approximate surface area is 201 Å². The molecule has 1 atom stereocenters. The Bertz CT molecular complexity index is 1380. The highest BCUT2D eigenvalue weighted by Gasteiger charge is 2.27. The summed E-state index contributed by atoms with van der Waals surface area (Å²) in [6.45, 7) is 1.21. The zero-order chi connectivity index (χ0) is 26.8. The van der Waals surface area contributed by atoms with Crippen LogP contribution in [0.25, 0.3) is 5.69 Å². The zero-order valence-corrected chi connectivity index (χ0v) is 18.9. The molecule has 0 amide bonds. The van der Waals surface area contributed by atoms with Crippen molar-refractivity contribution in [2.24, 2.45) is 5.73 Å². The predicted octanol–water partition coefficient (Wildman–Crippen LogP) is 3.17. The number of hydrogen-bond acceptors (Lipinski definition) is 6. The van der Waals surface area contributed by atoms with Gasteiger partial charge in [0.15, 0.2) is 17.4 Å². The monoisotopic (exact) mass is 507 g/mol. The number of hydrogen-bond donors (Lipinski definition) is 3. The number of aliphatic carboxylic acids is 1. The number of aromatic nitrogens is 1. The van der Waals surface area contributed by atoms with Crippen LogP contribution in [0.3, 0.4) is 0 Å². The highest BCUT2D eigenvalue weighted by molar-refractivity contribution is 6.11. The molecule has 0 fully saturated rings. The molecule has 0 saturated heterocycles. The van der Waals surface area contributed by atoms with E-state index in [0.717, 1.165) is 36.4 Å². The standard InChI is InChI=1S/C24H21F4N3O5/c1-24(30,23(34)35)7-2-8-36-13-10-17(27)20(18(28)11-13)31-19(32)6-5-15(22(31)29)21(33)14-4-3-12(25)9-16(14)26/h3-6,9-11H,2,7-8,29-30H2,1H3,(H,34,35)/t24-/m0/s1. The molecule has 0 spiro atoms. The first kappa shape index (κ1) is 26.4. The summed E-state index contributed by atoms with van der Waals surface area (Å²) in [5.74, 6) is -7.80. The maximum atomic E-state index is 14.9. The number of carbonyl (C=O) groups excluding carboxylic acids is 1. The van der Waals surface area contributed by atoms with Crippen molar-refractivity contribution in [2.75, 3.05) is 12.3 Å². The summed E-state index contributed by atoms with van der Waals surface area (Å²) < 4.78 is 62.8. The number of ketones is 1. The minimum Gasteiger partial charge on any atom is -0.493 e. The Hall–Kier alpha value is -4.19. The fourth-order valence-electron chi connectivity index (χ4n) is 3.37. The Morgan fingerprint density at radius 2 is 1.61 bits per heavy atom. The van der Waals surface area contributed by atoms with Gasteiger partial charge in [-0.15, -0.1) is 0 Å². The number of nitrogen functional groups attached to an aromatic ring is 1. The molecule has 8 nitrogen and oxygen atoms in total. The van der Waals surface area contributed by atoms with Gasteiger partial charge in [-0.25, -0.2) is 17.6 Å². The van der Waals surface area contributed by atoms with E-state index in [9.17, 15) is 31.9 Å². The first-order chi connectivity index (χ1) is 16.8. The summed E-state index contributed by atoms with van der Waals surface area (Å²) >= 11 is 0. The molecule has 1 heterocycles. The van der Waals surface area contributed by atoms with Gasteiger partial charge in [-0.05, 0) is 38.0 Å². The fraction of sp³-hybridized carbons (Fsp3) is 0.208. The second kappa shape index (κ2) is 10.2. The van der Waals surface area contributed by atoms with Crippen molar-refractivity contribution >= 4 is 17.6 Å². The van der Waals surface area contributed by atoms with Gasteiger partial charge >= 0.3 is 5.97 Å². The van der Waals surface area contributed by atoms with Crippen LogP contribution in [0, 0.1) is 23.3 Å². The molecule has 190 valence electrons. The number of carboxylic acid groups (broad SMARTS) is 1. The molecule has 0 saturated carbocycles. The highest BCUT2D eigenvalue weighted by Crippen LogP contribution is 2.27. The zero-order valence-electron chi connectivity index (χ0n) is 18.9. The molecular formula is C24H21F4N3O5. The van der Waals surface area contributed by atoms with Crippen molar-refractivity contribution in [3.63, 3.8) is 0 Å². The number of rotatable bonds is 9. The summed E-state index contributed by atoms with van der Waals surface area (Å²) in [5.41, 5.74) is 7.11. The van der Waals surface area contributed by atoms with Crippen molar-refractivity contribution in [3.05, 3.63) is 87.2 Å². The molecule has 0 radical (unpaired) electrons. The molecule has 5 N–H and O–H groups in total. The van der Waals surface area contributed by atoms with Crippen LogP contribution in [-0.4, -0.2) is 33.6 Å². The van der Waals surface area contributed by atoms with Gasteiger partial charge in [0.2, 0.25) is 0 Å². The number of carbonyl (C=O) groups is 2. The van der Waals surface area contributed by atoms with E-state index in [4.69, 9.17) is 21.3 Å². The van der Waals surface area contributed by atoms with Crippen molar-refractivity contribution < 1.29 is 37.0 Å². The fourth-order valence-corrected chi connectivity index (χ4v) is 3.37. The summed E-state index contributed by atoms with van der Waals surface area (Å²) in [7, 11) is 0. The quantitative estimate of drug-likeness (QED) is 0.230. The van der Waals surface area contributed by atoms with E-state index in [1.807, 2.05) is 0 Å². The van der Waals surface area contributed by atoms with Gasteiger partial charge < -0.3 is 21.3 Å². The van der Waals surface area contributed by atoms with Crippen LogP contribution in [0.5, 0.6) is 5.75 Å². The number of nitrogens with zero attached hydrogens (tertiary/aromatic N) is 1. The molecule has 3 aromatic rings. The van der Waals surface area contributed by atoms with Gasteiger partial charge in [-0.2, -0.15) is 0 Å². The second-order valence-electron chi connectivity index (χ2n) is 8.17. The molecule has 2 aromatic carbocycles. The molecule has 0 aliphatic heterocycles. The van der Waals surface area contributed by atoms with Crippen LogP contribution in [0.4, 0.5) is 23.4 Å². The summed E-state index contributed by atoms with van der Waals surface area (Å²) in [6.07, 6.45) is 0.202. The van der Waals surface area contributed by atoms with Crippen LogP contribution in [-0.2, 0) is 4.79 Å². The number of nitrogens with two attached hydrogens (primary N) is 2. The van der Waals surface area contributed by atoms with Gasteiger partial charge in [-0.3, -0.25) is 19.0 Å². The number of halogens is 4. The Balaban J connectivity index is 1.92. The smallest absolute Gasteiger partial charge is 0.323 e. The van der Waals surface area contributed by atoms with Crippen molar-refractivity contribution in [1.82, 2.24) is 4.57 Å². The van der Waals surface area contributed by atoms with Crippen LogP contribution >= 0.6 is 0 Å². The van der Waals surface area contributed by atoms with Crippen molar-refractivity contribution in [2.45, 2.75) is 25.3 Å². The molecule has 3 rings (SSSR count). The molecule has 0 bridgehead atoms. The van der Waals surface area contributed by atoms with Gasteiger partial charge in [0.25, 0.3) is 5.56 Å². The predicted molar refractivity (Wildman–Crippen MR) is 121 cm³/mol. The maximum absolute atomic E-state index is 14.9. The van der Waals surface area contributed by atoms with E-state index < -0.39 is 68.8 Å². The lowest BCUT2D eigenvalue weighted by molar-refractivity contribution is -0.143. The Morgan fingerprint density at radius 1 is 1.00 bits per heavy atom. The third-order valence-electron chi connectivity index (χ3n) is 5.36. The lowest BCUT2D eigenvalue weighted by Gasteiger charge is -2.19. The second-order valence-corrected chi connectivity index (χ2v) is 8.17. The first-order valence-corrected chi connectivity index (χ1v) is 10.5. The van der Waals surface area contributed by atoms with Crippen LogP contribution in [0.2, 0.25) is 0 Å². The van der Waals surface area contributed by atoms with Crippen LogP contribution in [0.1, 0.15) is 35.7 Å². The van der Waals surface area contributed by atoms with Crippen molar-refractivity contribution in [3.8, 4) is 11.4 Å². The highest BCUT2D eigenvalue weighted by atomic mass is 19.1. The van der Waals surface area contributed by atoms with Gasteiger partial charge in [0.1, 0.15) is 34.4 Å². The van der Waals surface area contributed by atoms with Crippen molar-refractivity contribution in [1.29, 1.82) is 0 Å². The Morgan fingerprint density at radius 3 is 2.19 bits per heavy atom. The molecule has 0 aliphatic rings. The largest absolute Gasteiger partial charge is 0.493 e. The maximum Gasteiger partial charge on any atom is 0.323 e. The van der Waals surface area contributed by atoms with E-state index in [1.165, 1.54) is 6.92 Å². The lowest BCUT2D eigenvalue weighted by Crippen LogP contribution is -2.44. The van der Waals surface area contributed by atoms with Crippen LogP contribution in [0.15, 0.2) is 47.3 Å². The number of carboxylic acids is 1. The van der Waals surface area contributed by atoms with E-state index in [-0.39, 0.29) is 25.2 Å². The molecule has 0 unspecified atom stereocenters. The SMILES string of the molecule is C[C@](N)(CCCOc1cc(F)c(-n2c(N)c(C(=O)c3ccc(F)cc3F)ccc2=O)c(F)c1)C(=O)O. The first-order valence-electron chi connectivity index (χ1n) is 10.5. The molecule has 1 aromatic heterocycles. The average Bonchev–Trinajstić information content (AvgIpc) is 2.78. The van der Waals surface area contributed by atoms with Gasteiger partial charge in [-0.1, -0.05) is 0 Å². The third-order valence-corrected chi connectivity index (χ3v) is 5.36. The van der Waals surface area contributed by atoms with E-state index >= 15 is 0 Å². The minimum absolute atomic E-state index is 0.0345. The normalized spacial score (nSPS) is 12.7. The lowest BCUT2D eigenvalue weighted by atomic mass is 9.98. The van der Waals surface area contributed by atoms with E-state index in [1.54, 1.807) is 0 Å². The third kappa shape index (κ3) is 5.38. The van der Waals surface area contributed by atoms with E-state index in [2.05, 4.69) is 0 Å². The number of pyridine rings is 1. The van der Waals surface area contributed by atoms with E-state index in [0.29, 0.717) is 10.6 Å². The van der Waals surface area contributed by atoms with Gasteiger partial charge in [0, 0.05) is 24.3 Å². The molecule has 12 heteroatoms. The number of anilines is 1. The number of benzene rings is 2. The summed E-state index contributed by atoms with van der Waals surface area (Å²) in [6, 6.07) is 5.53. The van der Waals surface area contributed by atoms with Crippen LogP contribution < -0.4 is 21.8 Å². The molecule has 36 heavy (non-hydrogen) atoms. The Kier molecular flexibility index (Phi) is 7.48.